The van der Waals surface area contributed by atoms with Crippen molar-refractivity contribution < 1.29 is 27.9 Å². The first-order valence-electron chi connectivity index (χ1n) is 7.96. The van der Waals surface area contributed by atoms with E-state index in [2.05, 4.69) is 0 Å². The van der Waals surface area contributed by atoms with Crippen molar-refractivity contribution in [2.75, 3.05) is 13.1 Å². The highest BCUT2D eigenvalue weighted by Crippen LogP contribution is 2.51. The van der Waals surface area contributed by atoms with Crippen molar-refractivity contribution in [3.8, 4) is 0 Å². The Hall–Kier alpha value is -2.05. The highest BCUT2D eigenvalue weighted by molar-refractivity contribution is 5.84. The van der Waals surface area contributed by atoms with Crippen LogP contribution < -0.4 is 0 Å². The van der Waals surface area contributed by atoms with Gasteiger partial charge >= 0.3 is 12.1 Å². The van der Waals surface area contributed by atoms with E-state index >= 15 is 0 Å². The van der Waals surface area contributed by atoms with Crippen LogP contribution in [0.25, 0.3) is 0 Å². The molecule has 1 aromatic rings. The molecule has 1 saturated heterocycles. The Kier molecular flexibility index (Phi) is 4.27. The number of carboxylic acid groups (broad SMARTS) is 1. The van der Waals surface area contributed by atoms with Gasteiger partial charge in [-0.1, -0.05) is 18.2 Å². The Labute approximate surface area is 137 Å². The summed E-state index contributed by atoms with van der Waals surface area (Å²) in [5, 5.41) is 9.08. The first-order chi connectivity index (χ1) is 11.3. The summed E-state index contributed by atoms with van der Waals surface area (Å²) in [6.07, 6.45) is -2.91. The molecule has 2 fully saturated rings. The fourth-order valence-electron chi connectivity index (χ4n) is 3.50. The second-order valence-electron chi connectivity index (χ2n) is 6.50. The molecule has 0 bridgehead atoms. The number of rotatable bonds is 3. The van der Waals surface area contributed by atoms with Crippen LogP contribution in [0.4, 0.5) is 13.2 Å². The molecule has 4 nitrogen and oxygen atoms in total. The number of benzene rings is 1. The maximum Gasteiger partial charge on any atom is 0.416 e. The number of piperidine rings is 1. The van der Waals surface area contributed by atoms with Crippen LogP contribution in [0.1, 0.15) is 36.3 Å². The molecule has 0 unspecified atom stereocenters. The molecular formula is C17H18F3NO3. The van der Waals surface area contributed by atoms with E-state index in [4.69, 9.17) is 5.11 Å². The van der Waals surface area contributed by atoms with Gasteiger partial charge in [0.1, 0.15) is 0 Å². The highest BCUT2D eigenvalue weighted by atomic mass is 19.4. The van der Waals surface area contributed by atoms with Crippen molar-refractivity contribution >= 4 is 11.9 Å². The summed E-state index contributed by atoms with van der Waals surface area (Å²) in [4.78, 5) is 25.1. The molecule has 24 heavy (non-hydrogen) atoms. The average molecular weight is 341 g/mol. The average Bonchev–Trinajstić information content (AvgIpc) is 3.34. The lowest BCUT2D eigenvalue weighted by Crippen LogP contribution is -2.43. The molecule has 7 heteroatoms. The topological polar surface area (TPSA) is 57.6 Å². The van der Waals surface area contributed by atoms with E-state index in [-0.39, 0.29) is 18.0 Å². The molecule has 3 atom stereocenters. The largest absolute Gasteiger partial charge is 0.481 e. The molecule has 2 aliphatic rings. The summed E-state index contributed by atoms with van der Waals surface area (Å²) in [7, 11) is 0. The molecule has 0 aromatic heterocycles. The summed E-state index contributed by atoms with van der Waals surface area (Å²) in [5.41, 5.74) is -0.525. The third-order valence-corrected chi connectivity index (χ3v) is 4.86. The molecular weight excluding hydrogens is 323 g/mol. The van der Waals surface area contributed by atoms with E-state index in [1.54, 1.807) is 6.07 Å². The zero-order valence-corrected chi connectivity index (χ0v) is 12.9. The lowest BCUT2D eigenvalue weighted by Gasteiger charge is -2.31. The smallest absolute Gasteiger partial charge is 0.416 e. The quantitative estimate of drug-likeness (QED) is 0.919. The minimum atomic E-state index is -4.44. The second kappa shape index (κ2) is 6.11. The van der Waals surface area contributed by atoms with Crippen LogP contribution in [0.3, 0.4) is 0 Å². The van der Waals surface area contributed by atoms with Crippen LogP contribution in [-0.2, 0) is 15.8 Å². The molecule has 0 spiro atoms. The predicted octanol–water partition coefficient (Wildman–Crippen LogP) is 3.13. The summed E-state index contributed by atoms with van der Waals surface area (Å²) < 4.78 is 39.3. The number of amides is 1. The van der Waals surface area contributed by atoms with Crippen LogP contribution in [0.2, 0.25) is 0 Å². The molecule has 3 rings (SSSR count). The standard InChI is InChI=1S/C17H18F3NO3/c18-17(19,20)14-6-2-1-5-11(14)12-8-13(12)15(22)21-7-3-4-10(9-21)16(23)24/h1-2,5-6,10,12-13H,3-4,7-9H2,(H,23,24)/t10-,12+,13-/m0/s1. The van der Waals surface area contributed by atoms with E-state index in [9.17, 15) is 22.8 Å². The zero-order valence-electron chi connectivity index (χ0n) is 12.9. The van der Waals surface area contributed by atoms with E-state index < -0.39 is 35.5 Å². The van der Waals surface area contributed by atoms with Gasteiger partial charge in [-0.3, -0.25) is 9.59 Å². The van der Waals surface area contributed by atoms with Crippen molar-refractivity contribution in [3.63, 3.8) is 0 Å². The predicted molar refractivity (Wildman–Crippen MR) is 79.2 cm³/mol. The Morgan fingerprint density at radius 1 is 1.21 bits per heavy atom. The monoisotopic (exact) mass is 341 g/mol. The maximum absolute atomic E-state index is 13.1. The Morgan fingerprint density at radius 3 is 2.58 bits per heavy atom. The Bertz CT molecular complexity index is 659. The van der Waals surface area contributed by atoms with Crippen LogP contribution in [0, 0.1) is 11.8 Å². The van der Waals surface area contributed by atoms with Crippen molar-refractivity contribution in [1.82, 2.24) is 4.90 Å². The molecule has 1 aliphatic carbocycles. The highest BCUT2D eigenvalue weighted by Gasteiger charge is 2.49. The molecule has 1 N–H and O–H groups in total. The molecule has 1 saturated carbocycles. The van der Waals surface area contributed by atoms with Crippen molar-refractivity contribution in [1.29, 1.82) is 0 Å². The number of hydrogen-bond donors (Lipinski definition) is 1. The number of nitrogens with zero attached hydrogens (tertiary/aromatic N) is 1. The van der Waals surface area contributed by atoms with Crippen LogP contribution in [0.15, 0.2) is 24.3 Å². The van der Waals surface area contributed by atoms with E-state index in [1.165, 1.54) is 17.0 Å². The first-order valence-corrected chi connectivity index (χ1v) is 7.96. The number of carbonyl (C=O) groups excluding carboxylic acids is 1. The number of likely N-dealkylation sites (tertiary alicyclic amines) is 1. The SMILES string of the molecule is O=C(O)[C@H]1CCCN(C(=O)[C@H]2C[C@@H]2c2ccccc2C(F)(F)F)C1. The minimum Gasteiger partial charge on any atom is -0.481 e. The van der Waals surface area contributed by atoms with Crippen molar-refractivity contribution in [3.05, 3.63) is 35.4 Å². The van der Waals surface area contributed by atoms with Gasteiger partial charge in [0.25, 0.3) is 0 Å². The number of carbonyl (C=O) groups is 2. The van der Waals surface area contributed by atoms with Crippen LogP contribution >= 0.6 is 0 Å². The lowest BCUT2D eigenvalue weighted by atomic mass is 9.97. The Morgan fingerprint density at radius 2 is 1.92 bits per heavy atom. The summed E-state index contributed by atoms with van der Waals surface area (Å²) in [6, 6.07) is 5.35. The third kappa shape index (κ3) is 3.25. The van der Waals surface area contributed by atoms with E-state index in [0.29, 0.717) is 25.8 Å². The van der Waals surface area contributed by atoms with Gasteiger partial charge in [0.2, 0.25) is 5.91 Å². The number of aliphatic carboxylic acids is 1. The van der Waals surface area contributed by atoms with Gasteiger partial charge < -0.3 is 10.0 Å². The number of hydrogen-bond acceptors (Lipinski definition) is 2. The molecule has 1 amide bonds. The van der Waals surface area contributed by atoms with Gasteiger partial charge in [0.05, 0.1) is 11.5 Å². The second-order valence-corrected chi connectivity index (χ2v) is 6.50. The Balaban J connectivity index is 1.72. The summed E-state index contributed by atoms with van der Waals surface area (Å²) >= 11 is 0. The van der Waals surface area contributed by atoms with Gasteiger partial charge in [-0.15, -0.1) is 0 Å². The third-order valence-electron chi connectivity index (χ3n) is 4.86. The molecule has 1 aliphatic heterocycles. The van der Waals surface area contributed by atoms with E-state index in [0.717, 1.165) is 6.07 Å². The number of halogens is 3. The fourth-order valence-corrected chi connectivity index (χ4v) is 3.50. The number of carboxylic acids is 1. The maximum atomic E-state index is 13.1. The first kappa shape index (κ1) is 16.8. The van der Waals surface area contributed by atoms with Gasteiger partial charge in [-0.25, -0.2) is 0 Å². The van der Waals surface area contributed by atoms with Gasteiger partial charge in [-0.2, -0.15) is 13.2 Å². The van der Waals surface area contributed by atoms with Gasteiger partial charge in [0, 0.05) is 19.0 Å². The molecule has 130 valence electrons. The van der Waals surface area contributed by atoms with Gasteiger partial charge in [0.15, 0.2) is 0 Å². The molecule has 1 heterocycles. The minimum absolute atomic E-state index is 0.151. The van der Waals surface area contributed by atoms with Crippen LogP contribution in [0.5, 0.6) is 0 Å². The van der Waals surface area contributed by atoms with Gasteiger partial charge in [-0.05, 0) is 36.8 Å². The lowest BCUT2D eigenvalue weighted by molar-refractivity contribution is -0.146. The summed E-state index contributed by atoms with van der Waals surface area (Å²) in [5.74, 6) is -2.63. The molecule has 1 aromatic carbocycles. The molecule has 0 radical (unpaired) electrons. The number of alkyl halides is 3. The van der Waals surface area contributed by atoms with Crippen molar-refractivity contribution in [2.45, 2.75) is 31.4 Å². The summed E-state index contributed by atoms with van der Waals surface area (Å²) in [6.45, 7) is 0.630. The van der Waals surface area contributed by atoms with Crippen molar-refractivity contribution in [2.24, 2.45) is 11.8 Å². The zero-order chi connectivity index (χ0) is 17.5. The van der Waals surface area contributed by atoms with Crippen LogP contribution in [-0.4, -0.2) is 35.0 Å². The normalized spacial score (nSPS) is 27.0. The fraction of sp³-hybridized carbons (Fsp3) is 0.529. The van der Waals surface area contributed by atoms with E-state index in [1.807, 2.05) is 0 Å².